The van der Waals surface area contributed by atoms with Crippen LogP contribution in [-0.2, 0) is 4.79 Å². The van der Waals surface area contributed by atoms with E-state index in [-0.39, 0.29) is 12.2 Å². The van der Waals surface area contributed by atoms with E-state index in [1.807, 2.05) is 6.92 Å². The van der Waals surface area contributed by atoms with E-state index in [4.69, 9.17) is 5.73 Å². The zero-order chi connectivity index (χ0) is 19.0. The summed E-state index contributed by atoms with van der Waals surface area (Å²) in [6.07, 6.45) is 17.5. The number of aliphatic hydroxyl groups is 2. The first kappa shape index (κ1) is 24.6. The minimum Gasteiger partial charge on any atom is -0.364 e. The molecule has 0 aromatic heterocycles. The minimum atomic E-state index is -2.05. The molecule has 150 valence electrons. The molecule has 0 spiro atoms. The molecule has 0 rings (SSSR count). The molecule has 0 saturated heterocycles. The van der Waals surface area contributed by atoms with E-state index in [2.05, 4.69) is 6.92 Å². The normalized spacial score (nSPS) is 13.2. The Morgan fingerprint density at radius 3 is 1.56 bits per heavy atom. The second-order valence-electron chi connectivity index (χ2n) is 7.57. The van der Waals surface area contributed by atoms with Crippen molar-refractivity contribution < 1.29 is 15.0 Å². The third kappa shape index (κ3) is 13.4. The van der Waals surface area contributed by atoms with Crippen LogP contribution in [0.5, 0.6) is 0 Å². The summed E-state index contributed by atoms with van der Waals surface area (Å²) in [7, 11) is 0. The highest BCUT2D eigenvalue weighted by molar-refractivity contribution is 5.84. The van der Waals surface area contributed by atoms with E-state index in [1.165, 1.54) is 64.2 Å². The van der Waals surface area contributed by atoms with Gasteiger partial charge in [-0.05, 0) is 6.42 Å². The van der Waals surface area contributed by atoms with Crippen LogP contribution in [0.2, 0.25) is 0 Å². The Hall–Kier alpha value is -0.450. The van der Waals surface area contributed by atoms with Gasteiger partial charge in [0.05, 0.1) is 0 Å². The molecule has 4 heteroatoms. The molecule has 0 saturated carbocycles. The van der Waals surface area contributed by atoms with Gasteiger partial charge in [0, 0.05) is 12.8 Å². The number of rotatable bonds is 18. The van der Waals surface area contributed by atoms with Crippen molar-refractivity contribution in [2.24, 2.45) is 5.73 Å². The predicted octanol–water partition coefficient (Wildman–Crippen LogP) is 4.85. The summed E-state index contributed by atoms with van der Waals surface area (Å²) >= 11 is 0. The van der Waals surface area contributed by atoms with Crippen LogP contribution in [0.25, 0.3) is 0 Å². The summed E-state index contributed by atoms with van der Waals surface area (Å²) < 4.78 is 0. The molecular weight excluding hydrogens is 314 g/mol. The van der Waals surface area contributed by atoms with Gasteiger partial charge >= 0.3 is 0 Å². The number of hydrogen-bond donors (Lipinski definition) is 3. The maximum Gasteiger partial charge on any atom is 0.185 e. The standard InChI is InChI=1S/C21H43NO3/c1-3-5-6-7-8-9-10-11-12-13-14-15-16-17-19(23)20(22)21(24,25)18-4-2/h20,24-25H,3-18,22H2,1-2H3. The van der Waals surface area contributed by atoms with Crippen molar-refractivity contribution in [2.75, 3.05) is 0 Å². The number of Topliss-reactive ketones (excluding diaryl/α,β-unsaturated/α-hetero) is 1. The van der Waals surface area contributed by atoms with Gasteiger partial charge in [0.15, 0.2) is 11.6 Å². The van der Waals surface area contributed by atoms with Crippen LogP contribution >= 0.6 is 0 Å². The largest absolute Gasteiger partial charge is 0.364 e. The first-order chi connectivity index (χ1) is 12.0. The van der Waals surface area contributed by atoms with Gasteiger partial charge in [-0.2, -0.15) is 0 Å². The number of hydrogen-bond acceptors (Lipinski definition) is 4. The van der Waals surface area contributed by atoms with Crippen molar-refractivity contribution in [3.05, 3.63) is 0 Å². The number of carbonyl (C=O) groups is 1. The SMILES string of the molecule is CCCCCCCCCCCCCCCC(=O)C(N)C(O)(O)CCC. The third-order valence-electron chi connectivity index (χ3n) is 4.99. The van der Waals surface area contributed by atoms with E-state index in [9.17, 15) is 15.0 Å². The van der Waals surface area contributed by atoms with Gasteiger partial charge in [0.1, 0.15) is 6.04 Å². The Balaban J connectivity index is 3.45. The summed E-state index contributed by atoms with van der Waals surface area (Å²) in [6, 6.07) is -1.18. The molecule has 1 unspecified atom stereocenters. The molecule has 25 heavy (non-hydrogen) atoms. The lowest BCUT2D eigenvalue weighted by Gasteiger charge is -2.27. The lowest BCUT2D eigenvalue weighted by atomic mass is 9.95. The second kappa shape index (κ2) is 15.8. The number of unbranched alkanes of at least 4 members (excludes halogenated alkanes) is 12. The fraction of sp³-hybridized carbons (Fsp3) is 0.952. The molecule has 0 heterocycles. The highest BCUT2D eigenvalue weighted by Crippen LogP contribution is 2.17. The minimum absolute atomic E-state index is 0.137. The first-order valence-corrected chi connectivity index (χ1v) is 10.7. The summed E-state index contributed by atoms with van der Waals surface area (Å²) in [5, 5.41) is 19.5. The van der Waals surface area contributed by atoms with Crippen molar-refractivity contribution in [1.29, 1.82) is 0 Å². The van der Waals surface area contributed by atoms with E-state index >= 15 is 0 Å². The van der Waals surface area contributed by atoms with Crippen molar-refractivity contribution in [3.63, 3.8) is 0 Å². The van der Waals surface area contributed by atoms with Gasteiger partial charge in [-0.25, -0.2) is 0 Å². The van der Waals surface area contributed by atoms with Gasteiger partial charge in [-0.1, -0.05) is 97.3 Å². The first-order valence-electron chi connectivity index (χ1n) is 10.7. The van der Waals surface area contributed by atoms with E-state index in [0.29, 0.717) is 12.8 Å². The van der Waals surface area contributed by atoms with Gasteiger partial charge in [0.2, 0.25) is 0 Å². The highest BCUT2D eigenvalue weighted by atomic mass is 16.5. The molecule has 0 bridgehead atoms. The molecule has 1 atom stereocenters. The Labute approximate surface area is 155 Å². The highest BCUT2D eigenvalue weighted by Gasteiger charge is 2.35. The fourth-order valence-electron chi connectivity index (χ4n) is 3.25. The average molecular weight is 358 g/mol. The molecule has 0 aliphatic rings. The Morgan fingerprint density at radius 1 is 0.760 bits per heavy atom. The van der Waals surface area contributed by atoms with Crippen molar-refractivity contribution in [3.8, 4) is 0 Å². The molecule has 0 fully saturated rings. The molecule has 0 radical (unpaired) electrons. The monoisotopic (exact) mass is 357 g/mol. The fourth-order valence-corrected chi connectivity index (χ4v) is 3.25. The van der Waals surface area contributed by atoms with Crippen LogP contribution in [0.15, 0.2) is 0 Å². The van der Waals surface area contributed by atoms with Crippen molar-refractivity contribution in [2.45, 2.75) is 128 Å². The molecule has 0 amide bonds. The quantitative estimate of drug-likeness (QED) is 0.242. The predicted molar refractivity (Wildman–Crippen MR) is 105 cm³/mol. The molecular formula is C21H43NO3. The number of nitrogens with two attached hydrogens (primary N) is 1. The van der Waals surface area contributed by atoms with Gasteiger partial charge in [-0.15, -0.1) is 0 Å². The maximum atomic E-state index is 11.9. The van der Waals surface area contributed by atoms with Crippen LogP contribution in [-0.4, -0.2) is 27.8 Å². The van der Waals surface area contributed by atoms with E-state index in [0.717, 1.165) is 19.3 Å². The topological polar surface area (TPSA) is 83.6 Å². The van der Waals surface area contributed by atoms with Gasteiger partial charge < -0.3 is 15.9 Å². The van der Waals surface area contributed by atoms with Gasteiger partial charge in [0.25, 0.3) is 0 Å². The molecule has 0 aromatic rings. The van der Waals surface area contributed by atoms with Crippen molar-refractivity contribution in [1.82, 2.24) is 0 Å². The molecule has 0 aromatic carbocycles. The van der Waals surface area contributed by atoms with Crippen LogP contribution < -0.4 is 5.73 Å². The van der Waals surface area contributed by atoms with Crippen LogP contribution in [0, 0.1) is 0 Å². The maximum absolute atomic E-state index is 11.9. The molecule has 4 N–H and O–H groups in total. The van der Waals surface area contributed by atoms with Crippen LogP contribution in [0.4, 0.5) is 0 Å². The lowest BCUT2D eigenvalue weighted by Crippen LogP contribution is -2.52. The summed E-state index contributed by atoms with van der Waals surface area (Å²) in [6.45, 7) is 4.09. The second-order valence-corrected chi connectivity index (χ2v) is 7.57. The van der Waals surface area contributed by atoms with Gasteiger partial charge in [-0.3, -0.25) is 4.79 Å². The molecule has 0 aliphatic heterocycles. The van der Waals surface area contributed by atoms with Crippen LogP contribution in [0.3, 0.4) is 0 Å². The summed E-state index contributed by atoms with van der Waals surface area (Å²) in [5.74, 6) is -2.29. The van der Waals surface area contributed by atoms with E-state index in [1.54, 1.807) is 0 Å². The lowest BCUT2D eigenvalue weighted by molar-refractivity contribution is -0.184. The number of ketones is 1. The van der Waals surface area contributed by atoms with E-state index < -0.39 is 11.8 Å². The Kier molecular flexibility index (Phi) is 15.5. The average Bonchev–Trinajstić information content (AvgIpc) is 2.58. The molecule has 4 nitrogen and oxygen atoms in total. The zero-order valence-electron chi connectivity index (χ0n) is 16.8. The Morgan fingerprint density at radius 2 is 1.16 bits per heavy atom. The van der Waals surface area contributed by atoms with Crippen molar-refractivity contribution >= 4 is 5.78 Å². The van der Waals surface area contributed by atoms with Crippen LogP contribution in [0.1, 0.15) is 117 Å². The Bertz CT molecular complexity index is 318. The molecule has 0 aliphatic carbocycles. The summed E-state index contributed by atoms with van der Waals surface area (Å²) in [5.41, 5.74) is 5.68. The smallest absolute Gasteiger partial charge is 0.185 e. The third-order valence-corrected chi connectivity index (χ3v) is 4.99. The zero-order valence-corrected chi connectivity index (χ0v) is 16.8. The summed E-state index contributed by atoms with van der Waals surface area (Å²) in [4.78, 5) is 11.9. The number of carbonyl (C=O) groups excluding carboxylic acids is 1.